The van der Waals surface area contributed by atoms with E-state index in [-0.39, 0.29) is 28.8 Å². The first kappa shape index (κ1) is 24.5. The maximum absolute atomic E-state index is 13.1. The zero-order valence-corrected chi connectivity index (χ0v) is 21.1. The molecule has 1 fully saturated rings. The van der Waals surface area contributed by atoms with E-state index in [4.69, 9.17) is 16.3 Å². The summed E-state index contributed by atoms with van der Waals surface area (Å²) < 4.78 is 1.90. The SMILES string of the molecule is CO/N=C(\C(=O)NC1C(=O)N2C(C(=O)O)=C(C[n+]3cccc4ccc(N)cc43)CS[C@H]12)c1csc(N)n1. The van der Waals surface area contributed by atoms with Crippen LogP contribution < -0.4 is 21.4 Å². The number of benzene rings is 1. The van der Waals surface area contributed by atoms with E-state index in [9.17, 15) is 19.5 Å². The van der Waals surface area contributed by atoms with E-state index in [1.54, 1.807) is 11.4 Å². The molecule has 190 valence electrons. The third-order valence-electron chi connectivity index (χ3n) is 5.97. The Kier molecular flexibility index (Phi) is 6.43. The summed E-state index contributed by atoms with van der Waals surface area (Å²) in [5.74, 6) is -2.06. The molecule has 37 heavy (non-hydrogen) atoms. The quantitative estimate of drug-likeness (QED) is 0.109. The number of thiazole rings is 1. The Balaban J connectivity index is 1.39. The third kappa shape index (κ3) is 4.44. The number of nitrogens with two attached hydrogens (primary N) is 2. The van der Waals surface area contributed by atoms with Crippen LogP contribution in [0.5, 0.6) is 0 Å². The van der Waals surface area contributed by atoms with Crippen LogP contribution in [-0.2, 0) is 25.8 Å². The van der Waals surface area contributed by atoms with Crippen molar-refractivity contribution in [1.82, 2.24) is 15.2 Å². The highest BCUT2D eigenvalue weighted by Gasteiger charge is 2.54. The monoisotopic (exact) mass is 540 g/mol. The average molecular weight is 541 g/mol. The lowest BCUT2D eigenvalue weighted by Crippen LogP contribution is -2.71. The molecule has 1 saturated heterocycles. The largest absolute Gasteiger partial charge is 0.477 e. The van der Waals surface area contributed by atoms with Crippen molar-refractivity contribution in [2.24, 2.45) is 5.16 Å². The number of oxime groups is 1. The minimum Gasteiger partial charge on any atom is -0.477 e. The number of hydrogen-bond donors (Lipinski definition) is 4. The summed E-state index contributed by atoms with van der Waals surface area (Å²) in [6.45, 7) is 0.263. The van der Waals surface area contributed by atoms with Gasteiger partial charge in [-0.15, -0.1) is 23.1 Å². The molecule has 3 aromatic rings. The van der Waals surface area contributed by atoms with Gasteiger partial charge in [-0.25, -0.2) is 9.78 Å². The number of pyridine rings is 1. The summed E-state index contributed by atoms with van der Waals surface area (Å²) in [6.07, 6.45) is 1.84. The fourth-order valence-corrected chi connectivity index (χ4v) is 6.21. The van der Waals surface area contributed by atoms with E-state index in [0.29, 0.717) is 17.0 Å². The van der Waals surface area contributed by atoms with E-state index in [1.165, 1.54) is 23.8 Å². The van der Waals surface area contributed by atoms with Crippen molar-refractivity contribution in [2.45, 2.75) is 18.0 Å². The van der Waals surface area contributed by atoms with Gasteiger partial charge in [0.2, 0.25) is 5.52 Å². The number of anilines is 2. The minimum absolute atomic E-state index is 0.0780. The number of fused-ring (bicyclic) bond motifs is 2. The number of hydrogen-bond acceptors (Lipinski definition) is 10. The first-order chi connectivity index (χ1) is 17.8. The molecule has 12 nitrogen and oxygen atoms in total. The van der Waals surface area contributed by atoms with Crippen LogP contribution in [0.1, 0.15) is 5.69 Å². The number of nitrogen functional groups attached to an aromatic ring is 2. The highest BCUT2D eigenvalue weighted by Crippen LogP contribution is 2.40. The second-order valence-electron chi connectivity index (χ2n) is 8.27. The number of rotatable bonds is 7. The number of aromatic nitrogens is 2. The molecule has 2 aliphatic rings. The first-order valence-electron chi connectivity index (χ1n) is 11.0. The molecule has 2 amide bonds. The van der Waals surface area contributed by atoms with Gasteiger partial charge in [0.25, 0.3) is 11.8 Å². The molecule has 5 rings (SSSR count). The molecule has 1 unspecified atom stereocenters. The first-order valence-corrected chi connectivity index (χ1v) is 12.9. The lowest BCUT2D eigenvalue weighted by Gasteiger charge is -2.49. The average Bonchev–Trinajstić information content (AvgIpc) is 3.31. The standard InChI is InChI=1S/C23H21N7O5S2/c1-35-28-16(14-10-37-23(25)26-14)19(31)27-17-20(32)30-18(22(33)34)12(9-36-21(17)30)8-29-6-2-3-11-4-5-13(24)7-15(11)29/h2-7,10,17,21,24H,8-9H2,1H3,(H4,25,26,27,31,33,34)/p+1/b28-16-/t17?,21-/m1/s1. The van der Waals surface area contributed by atoms with E-state index in [2.05, 4.69) is 15.5 Å². The number of aliphatic carboxylic acids is 1. The van der Waals surface area contributed by atoms with E-state index in [1.807, 2.05) is 35.0 Å². The number of nitrogens with zero attached hydrogens (tertiary/aromatic N) is 4. The molecule has 2 aliphatic heterocycles. The number of carbonyl (C=O) groups is 3. The van der Waals surface area contributed by atoms with Crippen LogP contribution in [0, 0.1) is 0 Å². The third-order valence-corrected chi connectivity index (χ3v) is 7.98. The Labute approximate surface area is 218 Å². The summed E-state index contributed by atoms with van der Waals surface area (Å²) in [5.41, 5.74) is 13.6. The molecule has 6 N–H and O–H groups in total. The van der Waals surface area contributed by atoms with Crippen molar-refractivity contribution in [1.29, 1.82) is 0 Å². The maximum atomic E-state index is 13.1. The van der Waals surface area contributed by atoms with Gasteiger partial charge >= 0.3 is 5.97 Å². The van der Waals surface area contributed by atoms with Gasteiger partial charge in [-0.1, -0.05) is 5.16 Å². The van der Waals surface area contributed by atoms with Gasteiger partial charge in [0, 0.05) is 39.9 Å². The zero-order valence-electron chi connectivity index (χ0n) is 19.5. The Morgan fingerprint density at radius 1 is 1.35 bits per heavy atom. The van der Waals surface area contributed by atoms with Gasteiger partial charge in [0.05, 0.1) is 0 Å². The topological polar surface area (TPSA) is 177 Å². The molecule has 2 atom stereocenters. The van der Waals surface area contributed by atoms with Crippen LogP contribution >= 0.6 is 23.1 Å². The van der Waals surface area contributed by atoms with Gasteiger partial charge in [0.15, 0.2) is 23.6 Å². The lowest BCUT2D eigenvalue weighted by molar-refractivity contribution is -0.663. The van der Waals surface area contributed by atoms with Gasteiger partial charge < -0.3 is 26.7 Å². The summed E-state index contributed by atoms with van der Waals surface area (Å²) in [5, 5.41) is 18.6. The van der Waals surface area contributed by atoms with Crippen LogP contribution in [0.3, 0.4) is 0 Å². The minimum atomic E-state index is -1.21. The molecular weight excluding hydrogens is 518 g/mol. The summed E-state index contributed by atoms with van der Waals surface area (Å²) >= 11 is 2.51. The second-order valence-corrected chi connectivity index (χ2v) is 10.3. The summed E-state index contributed by atoms with van der Waals surface area (Å²) in [6, 6.07) is 8.40. The van der Waals surface area contributed by atoms with Crippen molar-refractivity contribution in [3.05, 3.63) is 58.9 Å². The molecule has 0 bridgehead atoms. The molecule has 0 saturated carbocycles. The molecule has 1 aromatic carbocycles. The highest BCUT2D eigenvalue weighted by molar-refractivity contribution is 8.00. The van der Waals surface area contributed by atoms with Crippen molar-refractivity contribution < 1.29 is 28.9 Å². The smallest absolute Gasteiger partial charge is 0.352 e. The van der Waals surface area contributed by atoms with Gasteiger partial charge in [-0.3, -0.25) is 14.5 Å². The van der Waals surface area contributed by atoms with Crippen LogP contribution in [0.2, 0.25) is 0 Å². The zero-order chi connectivity index (χ0) is 26.3. The van der Waals surface area contributed by atoms with E-state index >= 15 is 0 Å². The van der Waals surface area contributed by atoms with Gasteiger partial charge in [0.1, 0.15) is 29.9 Å². The Morgan fingerprint density at radius 2 is 2.16 bits per heavy atom. The van der Waals surface area contributed by atoms with Crippen LogP contribution in [0.4, 0.5) is 10.8 Å². The summed E-state index contributed by atoms with van der Waals surface area (Å²) in [7, 11) is 1.28. The van der Waals surface area contributed by atoms with Crippen molar-refractivity contribution in [2.75, 3.05) is 24.3 Å². The fourth-order valence-electron chi connectivity index (χ4n) is 4.33. The van der Waals surface area contributed by atoms with Gasteiger partial charge in [-0.05, 0) is 18.2 Å². The number of thioether (sulfide) groups is 1. The number of nitrogens with one attached hydrogen (secondary N) is 1. The molecule has 2 aromatic heterocycles. The maximum Gasteiger partial charge on any atom is 0.352 e. The molecular formula is C23H22N7O5S2+. The normalized spacial score (nSPS) is 19.4. The molecule has 4 heterocycles. The number of β-lactam (4-membered cyclic amide) rings is 1. The Hall–Kier alpha value is -4.17. The fraction of sp³-hybridized carbons (Fsp3) is 0.217. The van der Waals surface area contributed by atoms with E-state index in [0.717, 1.165) is 22.2 Å². The van der Waals surface area contributed by atoms with Crippen molar-refractivity contribution in [3.8, 4) is 0 Å². The van der Waals surface area contributed by atoms with E-state index < -0.39 is 29.2 Å². The molecule has 14 heteroatoms. The molecule has 0 radical (unpaired) electrons. The predicted octanol–water partition coefficient (Wildman–Crippen LogP) is 0.538. The van der Waals surface area contributed by atoms with Crippen LogP contribution in [0.25, 0.3) is 10.9 Å². The highest BCUT2D eigenvalue weighted by atomic mass is 32.2. The lowest BCUT2D eigenvalue weighted by atomic mass is 10.0. The Morgan fingerprint density at radius 3 is 2.86 bits per heavy atom. The summed E-state index contributed by atoms with van der Waals surface area (Å²) in [4.78, 5) is 48.3. The van der Waals surface area contributed by atoms with Crippen LogP contribution in [0.15, 0.2) is 58.3 Å². The predicted molar refractivity (Wildman–Crippen MR) is 138 cm³/mol. The number of amides is 2. The van der Waals surface area contributed by atoms with Crippen LogP contribution in [-0.4, -0.2) is 62.8 Å². The van der Waals surface area contributed by atoms with Crippen molar-refractivity contribution >= 4 is 68.3 Å². The van der Waals surface area contributed by atoms with Gasteiger partial charge in [-0.2, -0.15) is 4.57 Å². The number of carboxylic acid groups (broad SMARTS) is 1. The molecule has 0 spiro atoms. The Bertz CT molecular complexity index is 1500. The number of carboxylic acids is 1. The second kappa shape index (κ2) is 9.71. The molecule has 0 aliphatic carbocycles. The number of carbonyl (C=O) groups excluding carboxylic acids is 2. The van der Waals surface area contributed by atoms with Crippen molar-refractivity contribution in [3.63, 3.8) is 0 Å².